The smallest absolute Gasteiger partial charge is 0.255 e. The van der Waals surface area contributed by atoms with Gasteiger partial charge in [0.2, 0.25) is 10.0 Å². The minimum atomic E-state index is -3.73. The van der Waals surface area contributed by atoms with Gasteiger partial charge in [-0.25, -0.2) is 13.1 Å². The molecule has 4 aromatic rings. The van der Waals surface area contributed by atoms with Crippen LogP contribution in [0.15, 0.2) is 101 Å². The van der Waals surface area contributed by atoms with Crippen LogP contribution in [0.1, 0.15) is 27.2 Å². The van der Waals surface area contributed by atoms with Crippen molar-refractivity contribution < 1.29 is 17.6 Å². The quantitative estimate of drug-likeness (QED) is 0.380. The van der Waals surface area contributed by atoms with Gasteiger partial charge in [-0.15, -0.1) is 0 Å². The monoisotopic (exact) mass is 487 g/mol. The van der Waals surface area contributed by atoms with Gasteiger partial charge in [-0.3, -0.25) is 4.79 Å². The van der Waals surface area contributed by atoms with Gasteiger partial charge >= 0.3 is 0 Å². The molecule has 8 heteroatoms. The molecule has 0 aliphatic carbocycles. The van der Waals surface area contributed by atoms with Crippen molar-refractivity contribution in [2.45, 2.75) is 24.4 Å². The van der Waals surface area contributed by atoms with Crippen molar-refractivity contribution in [3.63, 3.8) is 0 Å². The van der Waals surface area contributed by atoms with Crippen LogP contribution in [0.3, 0.4) is 0 Å². The number of anilines is 2. The molecular formula is C27H25N3O4S. The van der Waals surface area contributed by atoms with Crippen LogP contribution in [0.5, 0.6) is 0 Å². The largest absolute Gasteiger partial charge is 0.468 e. The van der Waals surface area contributed by atoms with Crippen LogP contribution in [0.25, 0.3) is 0 Å². The van der Waals surface area contributed by atoms with E-state index in [-0.39, 0.29) is 17.3 Å². The maximum absolute atomic E-state index is 12.9. The Morgan fingerprint density at radius 2 is 1.69 bits per heavy atom. The molecule has 2 heterocycles. The molecule has 0 atom stereocenters. The second-order valence-corrected chi connectivity index (χ2v) is 10.1. The third-order valence-corrected chi connectivity index (χ3v) is 7.47. The number of hydrogen-bond acceptors (Lipinski definition) is 5. The minimum absolute atomic E-state index is 0.0514. The molecule has 0 bridgehead atoms. The fourth-order valence-electron chi connectivity index (χ4n) is 4.20. The van der Waals surface area contributed by atoms with Crippen molar-refractivity contribution in [2.75, 3.05) is 16.8 Å². The van der Waals surface area contributed by atoms with Crippen molar-refractivity contribution >= 4 is 27.3 Å². The molecule has 35 heavy (non-hydrogen) atoms. The van der Waals surface area contributed by atoms with E-state index in [1.165, 1.54) is 41.8 Å². The predicted molar refractivity (Wildman–Crippen MR) is 135 cm³/mol. The van der Waals surface area contributed by atoms with Crippen molar-refractivity contribution in [3.05, 3.63) is 114 Å². The van der Waals surface area contributed by atoms with Crippen molar-refractivity contribution in [2.24, 2.45) is 0 Å². The number of rotatable bonds is 8. The van der Waals surface area contributed by atoms with Crippen LogP contribution in [0.4, 0.5) is 11.4 Å². The van der Waals surface area contributed by atoms with Gasteiger partial charge in [0.25, 0.3) is 5.91 Å². The van der Waals surface area contributed by atoms with Crippen molar-refractivity contribution in [1.82, 2.24) is 4.72 Å². The molecule has 178 valence electrons. The number of hydrogen-bond donors (Lipinski definition) is 2. The number of carbonyl (C=O) groups excluding carboxylic acids is 1. The van der Waals surface area contributed by atoms with Crippen molar-refractivity contribution in [3.8, 4) is 0 Å². The zero-order valence-corrected chi connectivity index (χ0v) is 19.8. The van der Waals surface area contributed by atoms with Crippen LogP contribution in [-0.4, -0.2) is 20.9 Å². The Hall–Kier alpha value is -3.88. The second-order valence-electron chi connectivity index (χ2n) is 8.34. The first kappa shape index (κ1) is 22.9. The van der Waals surface area contributed by atoms with Gasteiger partial charge in [-0.1, -0.05) is 36.4 Å². The number of benzene rings is 3. The Morgan fingerprint density at radius 3 is 2.49 bits per heavy atom. The van der Waals surface area contributed by atoms with Gasteiger partial charge in [0.1, 0.15) is 5.76 Å². The van der Waals surface area contributed by atoms with Gasteiger partial charge in [0, 0.05) is 30.0 Å². The molecule has 0 spiro atoms. The van der Waals surface area contributed by atoms with Gasteiger partial charge < -0.3 is 14.6 Å². The lowest BCUT2D eigenvalue weighted by molar-refractivity contribution is 0.102. The highest BCUT2D eigenvalue weighted by Gasteiger charge is 2.20. The fraction of sp³-hybridized carbons (Fsp3) is 0.148. The van der Waals surface area contributed by atoms with E-state index in [2.05, 4.69) is 33.1 Å². The number of furan rings is 1. The Bertz CT molecular complexity index is 1430. The van der Waals surface area contributed by atoms with E-state index in [0.29, 0.717) is 17.9 Å². The summed E-state index contributed by atoms with van der Waals surface area (Å²) >= 11 is 0. The summed E-state index contributed by atoms with van der Waals surface area (Å²) in [6.45, 7) is 1.67. The summed E-state index contributed by atoms with van der Waals surface area (Å²) in [5.74, 6) is 0.215. The summed E-state index contributed by atoms with van der Waals surface area (Å²) in [6, 6.07) is 25.4. The first-order valence-corrected chi connectivity index (χ1v) is 12.8. The molecule has 1 aliphatic rings. The molecule has 1 amide bonds. The number of fused-ring (bicyclic) bond motifs is 1. The first-order valence-electron chi connectivity index (χ1n) is 11.3. The van der Waals surface area contributed by atoms with E-state index in [1.807, 2.05) is 30.3 Å². The highest BCUT2D eigenvalue weighted by atomic mass is 32.2. The summed E-state index contributed by atoms with van der Waals surface area (Å²) in [5, 5.41) is 2.98. The summed E-state index contributed by atoms with van der Waals surface area (Å²) in [5.41, 5.74) is 4.68. The molecule has 3 aromatic carbocycles. The maximum Gasteiger partial charge on any atom is 0.255 e. The van der Waals surface area contributed by atoms with E-state index in [1.54, 1.807) is 12.1 Å². The molecule has 0 radical (unpaired) electrons. The highest BCUT2D eigenvalue weighted by Crippen LogP contribution is 2.30. The molecule has 0 fully saturated rings. The van der Waals surface area contributed by atoms with Crippen LogP contribution in [0, 0.1) is 0 Å². The molecule has 5 rings (SSSR count). The van der Waals surface area contributed by atoms with Crippen molar-refractivity contribution in [1.29, 1.82) is 0 Å². The lowest BCUT2D eigenvalue weighted by atomic mass is 10.1. The predicted octanol–water partition coefficient (Wildman–Crippen LogP) is 4.57. The molecule has 1 aliphatic heterocycles. The van der Waals surface area contributed by atoms with Crippen LogP contribution in [-0.2, 0) is 29.5 Å². The summed E-state index contributed by atoms with van der Waals surface area (Å²) in [4.78, 5) is 15.3. The average Bonchev–Trinajstić information content (AvgIpc) is 3.55. The zero-order chi connectivity index (χ0) is 24.3. The number of nitrogens with zero attached hydrogens (tertiary/aromatic N) is 1. The zero-order valence-electron chi connectivity index (χ0n) is 19.0. The first-order chi connectivity index (χ1) is 17.0. The minimum Gasteiger partial charge on any atom is -0.468 e. The molecule has 1 aromatic heterocycles. The van der Waals surface area contributed by atoms with Gasteiger partial charge in [-0.05, 0) is 66.1 Å². The normalized spacial score (nSPS) is 13.0. The lowest BCUT2D eigenvalue weighted by Gasteiger charge is -2.21. The molecular weight excluding hydrogens is 462 g/mol. The fourth-order valence-corrected chi connectivity index (χ4v) is 5.19. The van der Waals surface area contributed by atoms with Crippen LogP contribution in [0.2, 0.25) is 0 Å². The van der Waals surface area contributed by atoms with E-state index >= 15 is 0 Å². The van der Waals surface area contributed by atoms with E-state index < -0.39 is 10.0 Å². The average molecular weight is 488 g/mol. The third kappa shape index (κ3) is 5.13. The number of para-hydroxylation sites is 2. The molecule has 0 saturated heterocycles. The number of sulfonamides is 1. The van der Waals surface area contributed by atoms with E-state index in [9.17, 15) is 13.2 Å². The topological polar surface area (TPSA) is 91.7 Å². The SMILES string of the molecule is O=C(Nc1ccccc1CN1CCc2ccccc21)c1ccc(S(=O)(=O)NCc2ccco2)cc1. The Labute approximate surface area is 204 Å². The van der Waals surface area contributed by atoms with Gasteiger partial charge in [-0.2, -0.15) is 0 Å². The molecule has 0 unspecified atom stereocenters. The summed E-state index contributed by atoms with van der Waals surface area (Å²) in [7, 11) is -3.73. The maximum atomic E-state index is 12.9. The second kappa shape index (κ2) is 9.77. The van der Waals surface area contributed by atoms with Gasteiger partial charge in [0.05, 0.1) is 17.7 Å². The van der Waals surface area contributed by atoms with Crippen LogP contribution >= 0.6 is 0 Å². The van der Waals surface area contributed by atoms with E-state index in [0.717, 1.165) is 24.2 Å². The standard InChI is InChI=1S/C27H25N3O4S/c31-27(21-11-13-24(14-12-21)35(32,33)28-18-23-8-5-17-34-23)29-25-9-3-1-7-22(25)19-30-16-15-20-6-2-4-10-26(20)30/h1-14,17,28H,15-16,18-19H2,(H,29,31). The number of amides is 1. The Balaban J connectivity index is 1.26. The number of carbonyl (C=O) groups is 1. The summed E-state index contributed by atoms with van der Waals surface area (Å²) < 4.78 is 32.7. The molecule has 0 saturated carbocycles. The third-order valence-electron chi connectivity index (χ3n) is 6.05. The molecule has 2 N–H and O–H groups in total. The Kier molecular flexibility index (Phi) is 6.39. The lowest BCUT2D eigenvalue weighted by Crippen LogP contribution is -2.23. The summed E-state index contributed by atoms with van der Waals surface area (Å²) in [6.07, 6.45) is 2.50. The van der Waals surface area contributed by atoms with E-state index in [4.69, 9.17) is 4.42 Å². The number of nitrogens with one attached hydrogen (secondary N) is 2. The molecule has 7 nitrogen and oxygen atoms in total. The highest BCUT2D eigenvalue weighted by molar-refractivity contribution is 7.89. The van der Waals surface area contributed by atoms with Gasteiger partial charge in [0.15, 0.2) is 0 Å². The van der Waals surface area contributed by atoms with Crippen LogP contribution < -0.4 is 14.9 Å². The Morgan fingerprint density at radius 1 is 0.914 bits per heavy atom.